The molecule has 0 aromatic heterocycles. The van der Waals surface area contributed by atoms with Gasteiger partial charge in [-0.15, -0.1) is 0 Å². The Labute approximate surface area is 175 Å². The van der Waals surface area contributed by atoms with Gasteiger partial charge in [0.05, 0.1) is 10.6 Å². The van der Waals surface area contributed by atoms with Crippen LogP contribution >= 0.6 is 0 Å². The van der Waals surface area contributed by atoms with Crippen LogP contribution in [-0.4, -0.2) is 14.2 Å². The Kier molecular flexibility index (Phi) is 14.4. The first kappa shape index (κ1) is 25.2. The fourth-order valence-corrected chi connectivity index (χ4v) is 5.20. The topological polar surface area (TPSA) is 34.1 Å². The third-order valence-corrected chi connectivity index (χ3v) is 7.58. The summed E-state index contributed by atoms with van der Waals surface area (Å²) in [7, 11) is -3.10. The number of unbranched alkanes of at least 4 members (excludes halogenated alkanes) is 11. The molecule has 0 aliphatic rings. The molecule has 2 nitrogen and oxygen atoms in total. The highest BCUT2D eigenvalue weighted by molar-refractivity contribution is 7.91. The summed E-state index contributed by atoms with van der Waals surface area (Å²) in [6.45, 7) is 4.55. The van der Waals surface area contributed by atoms with Crippen LogP contribution in [0.25, 0.3) is 0 Å². The molecule has 0 bridgehead atoms. The van der Waals surface area contributed by atoms with Crippen LogP contribution in [0.15, 0.2) is 35.2 Å². The van der Waals surface area contributed by atoms with E-state index in [2.05, 4.69) is 13.8 Å². The average Bonchev–Trinajstić information content (AvgIpc) is 2.69. The van der Waals surface area contributed by atoms with Gasteiger partial charge in [-0.3, -0.25) is 0 Å². The number of benzene rings is 1. The van der Waals surface area contributed by atoms with Crippen LogP contribution in [0, 0.1) is 5.92 Å². The minimum atomic E-state index is -3.10. The third kappa shape index (κ3) is 12.6. The average molecular weight is 409 g/mol. The molecular formula is C25H44O2S. The lowest BCUT2D eigenvalue weighted by Gasteiger charge is -2.11. The summed E-state index contributed by atoms with van der Waals surface area (Å²) in [4.78, 5) is 0.462. The number of sulfone groups is 1. The minimum Gasteiger partial charge on any atom is -0.224 e. The van der Waals surface area contributed by atoms with Crippen LogP contribution in [0.3, 0.4) is 0 Å². The van der Waals surface area contributed by atoms with E-state index in [9.17, 15) is 8.42 Å². The van der Waals surface area contributed by atoms with Gasteiger partial charge in [0, 0.05) is 0 Å². The van der Waals surface area contributed by atoms with Crippen molar-refractivity contribution in [2.75, 3.05) is 5.75 Å². The van der Waals surface area contributed by atoms with Crippen LogP contribution in [0.2, 0.25) is 0 Å². The van der Waals surface area contributed by atoms with Gasteiger partial charge in [-0.05, 0) is 30.9 Å². The lowest BCUT2D eigenvalue weighted by molar-refractivity contribution is 0.449. The van der Waals surface area contributed by atoms with Crippen molar-refractivity contribution in [3.63, 3.8) is 0 Å². The molecule has 0 amide bonds. The smallest absolute Gasteiger partial charge is 0.178 e. The van der Waals surface area contributed by atoms with E-state index in [1.807, 2.05) is 6.07 Å². The Hall–Kier alpha value is -0.830. The van der Waals surface area contributed by atoms with E-state index < -0.39 is 9.84 Å². The Balaban J connectivity index is 1.94. The van der Waals surface area contributed by atoms with Gasteiger partial charge in [-0.2, -0.15) is 0 Å². The van der Waals surface area contributed by atoms with E-state index in [-0.39, 0.29) is 5.75 Å². The van der Waals surface area contributed by atoms with Gasteiger partial charge in [0.15, 0.2) is 9.84 Å². The SMILES string of the molecule is CCCCCCCCCCCCCC[C@@H](C)CCCS(=O)(=O)c1ccccc1. The van der Waals surface area contributed by atoms with Crippen molar-refractivity contribution >= 4 is 9.84 Å². The Morgan fingerprint density at radius 3 is 1.68 bits per heavy atom. The zero-order valence-electron chi connectivity index (χ0n) is 18.5. The molecular weight excluding hydrogens is 364 g/mol. The summed E-state index contributed by atoms with van der Waals surface area (Å²) in [5.74, 6) is 0.911. The predicted molar refractivity (Wildman–Crippen MR) is 123 cm³/mol. The third-order valence-electron chi connectivity index (χ3n) is 5.76. The quantitative estimate of drug-likeness (QED) is 0.231. The molecule has 0 unspecified atom stereocenters. The minimum absolute atomic E-state index is 0.278. The van der Waals surface area contributed by atoms with E-state index in [0.29, 0.717) is 10.8 Å². The van der Waals surface area contributed by atoms with E-state index in [0.717, 1.165) is 12.8 Å². The summed E-state index contributed by atoms with van der Waals surface area (Å²) < 4.78 is 24.6. The van der Waals surface area contributed by atoms with Crippen LogP contribution in [0.4, 0.5) is 0 Å². The van der Waals surface area contributed by atoms with Gasteiger partial charge >= 0.3 is 0 Å². The Bertz CT molecular complexity index is 565. The second kappa shape index (κ2) is 16.0. The summed E-state index contributed by atoms with van der Waals surface area (Å²) in [5.41, 5.74) is 0. The molecule has 28 heavy (non-hydrogen) atoms. The second-order valence-corrected chi connectivity index (χ2v) is 10.7. The maximum Gasteiger partial charge on any atom is 0.178 e. The summed E-state index contributed by atoms with van der Waals surface area (Å²) in [6, 6.07) is 8.85. The van der Waals surface area contributed by atoms with Gasteiger partial charge < -0.3 is 0 Å². The zero-order chi connectivity index (χ0) is 20.5. The van der Waals surface area contributed by atoms with Crippen molar-refractivity contribution in [2.24, 2.45) is 5.92 Å². The molecule has 1 aromatic carbocycles. The standard InChI is InChI=1S/C25H44O2S/c1-3-4-5-6-7-8-9-10-11-12-13-15-19-24(2)20-18-23-28(26,27)25-21-16-14-17-22-25/h14,16-17,21-22,24H,3-13,15,18-20,23H2,1-2H3/t24-/m1/s1. The van der Waals surface area contributed by atoms with Crippen LogP contribution in [0.1, 0.15) is 110 Å². The van der Waals surface area contributed by atoms with E-state index >= 15 is 0 Å². The summed E-state index contributed by atoms with van der Waals surface area (Å²) in [5, 5.41) is 0. The lowest BCUT2D eigenvalue weighted by atomic mass is 9.98. The molecule has 0 spiro atoms. The van der Waals surface area contributed by atoms with Gasteiger partial charge in [0.25, 0.3) is 0 Å². The molecule has 3 heteroatoms. The highest BCUT2D eigenvalue weighted by Gasteiger charge is 2.14. The first-order valence-electron chi connectivity index (χ1n) is 11.8. The number of rotatable bonds is 18. The van der Waals surface area contributed by atoms with Crippen molar-refractivity contribution in [1.29, 1.82) is 0 Å². The van der Waals surface area contributed by atoms with Crippen LogP contribution < -0.4 is 0 Å². The highest BCUT2D eigenvalue weighted by Crippen LogP contribution is 2.19. The van der Waals surface area contributed by atoms with Crippen LogP contribution in [0.5, 0.6) is 0 Å². The molecule has 0 radical (unpaired) electrons. The lowest BCUT2D eigenvalue weighted by Crippen LogP contribution is -2.08. The monoisotopic (exact) mass is 408 g/mol. The number of hydrogen-bond donors (Lipinski definition) is 0. The van der Waals surface area contributed by atoms with Gasteiger partial charge in [0.2, 0.25) is 0 Å². The molecule has 0 saturated heterocycles. The first-order chi connectivity index (χ1) is 13.6. The first-order valence-corrected chi connectivity index (χ1v) is 13.5. The molecule has 1 aromatic rings. The van der Waals surface area contributed by atoms with Crippen molar-refractivity contribution in [3.05, 3.63) is 30.3 Å². The van der Waals surface area contributed by atoms with E-state index in [1.54, 1.807) is 24.3 Å². The normalized spacial score (nSPS) is 12.9. The molecule has 0 aliphatic heterocycles. The zero-order valence-corrected chi connectivity index (χ0v) is 19.3. The van der Waals surface area contributed by atoms with Crippen molar-refractivity contribution < 1.29 is 8.42 Å². The molecule has 0 saturated carbocycles. The Morgan fingerprint density at radius 2 is 1.14 bits per heavy atom. The van der Waals surface area contributed by atoms with Crippen LogP contribution in [-0.2, 0) is 9.84 Å². The molecule has 0 fully saturated rings. The molecule has 1 atom stereocenters. The van der Waals surface area contributed by atoms with E-state index in [1.165, 1.54) is 83.5 Å². The summed E-state index contributed by atoms with van der Waals surface area (Å²) in [6.07, 6.45) is 19.7. The second-order valence-electron chi connectivity index (χ2n) is 8.56. The fourth-order valence-electron chi connectivity index (χ4n) is 3.85. The van der Waals surface area contributed by atoms with Crippen molar-refractivity contribution in [3.8, 4) is 0 Å². The molecule has 1 rings (SSSR count). The molecule has 0 N–H and O–H groups in total. The maximum atomic E-state index is 12.3. The number of hydrogen-bond acceptors (Lipinski definition) is 2. The molecule has 162 valence electrons. The van der Waals surface area contributed by atoms with Gasteiger partial charge in [0.1, 0.15) is 0 Å². The van der Waals surface area contributed by atoms with Gasteiger partial charge in [-0.25, -0.2) is 8.42 Å². The summed E-state index contributed by atoms with van der Waals surface area (Å²) >= 11 is 0. The molecule has 0 heterocycles. The highest BCUT2D eigenvalue weighted by atomic mass is 32.2. The maximum absolute atomic E-state index is 12.3. The van der Waals surface area contributed by atoms with Crippen molar-refractivity contribution in [2.45, 2.75) is 115 Å². The predicted octanol–water partition coefficient (Wildman–Crippen LogP) is 7.97. The van der Waals surface area contributed by atoms with E-state index in [4.69, 9.17) is 0 Å². The largest absolute Gasteiger partial charge is 0.224 e. The fraction of sp³-hybridized carbons (Fsp3) is 0.760. The Morgan fingerprint density at radius 1 is 0.679 bits per heavy atom. The molecule has 0 aliphatic carbocycles. The van der Waals surface area contributed by atoms with Gasteiger partial charge in [-0.1, -0.05) is 116 Å². The van der Waals surface area contributed by atoms with Crippen molar-refractivity contribution in [1.82, 2.24) is 0 Å².